The molecular formula is C15H20N4O. The lowest BCUT2D eigenvalue weighted by Crippen LogP contribution is -2.23. The average Bonchev–Trinajstić information content (AvgIpc) is 3.08. The summed E-state index contributed by atoms with van der Waals surface area (Å²) < 4.78 is 5.50. The van der Waals surface area contributed by atoms with E-state index in [1.807, 2.05) is 19.1 Å². The predicted molar refractivity (Wildman–Crippen MR) is 76.5 cm³/mol. The van der Waals surface area contributed by atoms with Crippen molar-refractivity contribution in [1.82, 2.24) is 20.1 Å². The van der Waals surface area contributed by atoms with Crippen molar-refractivity contribution in [3.05, 3.63) is 41.5 Å². The number of nitrogens with zero attached hydrogens (tertiary/aromatic N) is 3. The summed E-state index contributed by atoms with van der Waals surface area (Å²) in [7, 11) is 1.73. The van der Waals surface area contributed by atoms with Crippen LogP contribution >= 0.6 is 0 Å². The fraction of sp³-hybridized carbons (Fsp3) is 0.467. The number of aromatic nitrogens is 3. The van der Waals surface area contributed by atoms with Gasteiger partial charge in [-0.2, -0.15) is 5.10 Å². The molecule has 1 aliphatic rings. The van der Waals surface area contributed by atoms with Gasteiger partial charge in [0.15, 0.2) is 5.82 Å². The number of rotatable bonds is 4. The maximum Gasteiger partial charge on any atom is 0.164 e. The van der Waals surface area contributed by atoms with Gasteiger partial charge in [0.2, 0.25) is 0 Å². The molecule has 5 heteroatoms. The molecule has 0 radical (unpaired) electrons. The molecule has 0 amide bonds. The Balaban J connectivity index is 1.81. The van der Waals surface area contributed by atoms with Gasteiger partial charge in [0.05, 0.1) is 13.7 Å². The van der Waals surface area contributed by atoms with Crippen LogP contribution in [-0.2, 0) is 6.54 Å². The van der Waals surface area contributed by atoms with E-state index < -0.39 is 0 Å². The molecule has 0 spiro atoms. The second-order valence-electron chi connectivity index (χ2n) is 5.21. The van der Waals surface area contributed by atoms with E-state index in [-0.39, 0.29) is 0 Å². The van der Waals surface area contributed by atoms with E-state index in [4.69, 9.17) is 4.74 Å². The highest BCUT2D eigenvalue weighted by Gasteiger charge is 2.28. The van der Waals surface area contributed by atoms with Crippen LogP contribution in [0.4, 0.5) is 0 Å². The molecule has 1 fully saturated rings. The molecule has 1 aliphatic heterocycles. The average molecular weight is 272 g/mol. The number of hydrogen-bond acceptors (Lipinski definition) is 4. The molecule has 106 valence electrons. The number of nitrogens with one attached hydrogen (secondary N) is 1. The molecule has 0 saturated carbocycles. The summed E-state index contributed by atoms with van der Waals surface area (Å²) >= 11 is 0. The number of ether oxygens (including phenoxy) is 1. The first kappa shape index (κ1) is 13.1. The Morgan fingerprint density at radius 2 is 2.25 bits per heavy atom. The topological polar surface area (TPSA) is 54.0 Å². The number of likely N-dealkylation sites (tertiary alicyclic amines) is 1. The van der Waals surface area contributed by atoms with Crippen molar-refractivity contribution in [2.24, 2.45) is 0 Å². The fourth-order valence-electron chi connectivity index (χ4n) is 2.95. The minimum absolute atomic E-state index is 0.393. The van der Waals surface area contributed by atoms with Gasteiger partial charge in [0.25, 0.3) is 0 Å². The number of aryl methyl sites for hydroxylation is 1. The molecule has 3 rings (SSSR count). The van der Waals surface area contributed by atoms with Gasteiger partial charge in [-0.05, 0) is 32.4 Å². The monoisotopic (exact) mass is 272 g/mol. The highest BCUT2D eigenvalue weighted by Crippen LogP contribution is 2.37. The molecule has 2 heterocycles. The smallest absolute Gasteiger partial charge is 0.164 e. The van der Waals surface area contributed by atoms with E-state index in [0.717, 1.165) is 36.9 Å². The summed E-state index contributed by atoms with van der Waals surface area (Å²) in [5.74, 6) is 2.70. The van der Waals surface area contributed by atoms with Crippen LogP contribution in [0.1, 0.15) is 36.1 Å². The Bertz CT molecular complexity index is 581. The Morgan fingerprint density at radius 1 is 1.40 bits per heavy atom. The van der Waals surface area contributed by atoms with E-state index in [1.165, 1.54) is 12.0 Å². The number of aromatic amines is 1. The molecular weight excluding hydrogens is 252 g/mol. The first-order chi connectivity index (χ1) is 9.78. The van der Waals surface area contributed by atoms with Gasteiger partial charge in [-0.1, -0.05) is 18.2 Å². The molecule has 1 aromatic heterocycles. The number of methoxy groups -OCH3 is 1. The summed E-state index contributed by atoms with van der Waals surface area (Å²) in [5.41, 5.74) is 1.26. The number of para-hydroxylation sites is 1. The Hall–Kier alpha value is -1.88. The normalized spacial score (nSPS) is 19.4. The van der Waals surface area contributed by atoms with Crippen LogP contribution in [0.2, 0.25) is 0 Å². The third kappa shape index (κ3) is 2.54. The fourth-order valence-corrected chi connectivity index (χ4v) is 2.95. The second-order valence-corrected chi connectivity index (χ2v) is 5.21. The molecule has 2 aromatic rings. The number of hydrogen-bond donors (Lipinski definition) is 1. The Labute approximate surface area is 119 Å². The molecule has 5 nitrogen and oxygen atoms in total. The van der Waals surface area contributed by atoms with Crippen LogP contribution in [0.15, 0.2) is 24.3 Å². The van der Waals surface area contributed by atoms with E-state index in [1.54, 1.807) is 7.11 Å². The highest BCUT2D eigenvalue weighted by molar-refractivity contribution is 5.36. The second kappa shape index (κ2) is 5.63. The lowest BCUT2D eigenvalue weighted by Gasteiger charge is -2.24. The van der Waals surface area contributed by atoms with Gasteiger partial charge in [-0.15, -0.1) is 0 Å². The standard InChI is InChI=1S/C15H20N4O/c1-11-16-15(18-17-11)10-19-9-5-7-13(19)12-6-3-4-8-14(12)20-2/h3-4,6,8,13H,5,7,9-10H2,1-2H3,(H,16,17,18)/t13-/m1/s1. The Morgan fingerprint density at radius 3 is 3.00 bits per heavy atom. The zero-order valence-corrected chi connectivity index (χ0v) is 12.0. The van der Waals surface area contributed by atoms with E-state index in [0.29, 0.717) is 6.04 Å². The van der Waals surface area contributed by atoms with Crippen molar-refractivity contribution in [3.63, 3.8) is 0 Å². The van der Waals surface area contributed by atoms with Crippen molar-refractivity contribution in [3.8, 4) is 5.75 Å². The molecule has 1 atom stereocenters. The van der Waals surface area contributed by atoms with E-state index >= 15 is 0 Å². The third-order valence-electron chi connectivity index (χ3n) is 3.85. The zero-order valence-electron chi connectivity index (χ0n) is 12.0. The number of H-pyrrole nitrogens is 1. The molecule has 1 saturated heterocycles. The van der Waals surface area contributed by atoms with Crippen LogP contribution in [0, 0.1) is 6.92 Å². The Kier molecular flexibility index (Phi) is 3.69. The molecule has 1 aromatic carbocycles. The summed E-state index contributed by atoms with van der Waals surface area (Å²) in [6.07, 6.45) is 2.36. The first-order valence-corrected chi connectivity index (χ1v) is 7.03. The minimum Gasteiger partial charge on any atom is -0.496 e. The maximum absolute atomic E-state index is 5.50. The van der Waals surface area contributed by atoms with Gasteiger partial charge >= 0.3 is 0 Å². The van der Waals surface area contributed by atoms with Crippen LogP contribution < -0.4 is 4.74 Å². The van der Waals surface area contributed by atoms with Crippen LogP contribution in [0.25, 0.3) is 0 Å². The molecule has 1 N–H and O–H groups in total. The van der Waals surface area contributed by atoms with Crippen molar-refractivity contribution < 1.29 is 4.74 Å². The van der Waals surface area contributed by atoms with E-state index in [9.17, 15) is 0 Å². The van der Waals surface area contributed by atoms with Crippen LogP contribution in [-0.4, -0.2) is 33.7 Å². The van der Waals surface area contributed by atoms with Crippen LogP contribution in [0.5, 0.6) is 5.75 Å². The van der Waals surface area contributed by atoms with Gasteiger partial charge in [0.1, 0.15) is 11.6 Å². The highest BCUT2D eigenvalue weighted by atomic mass is 16.5. The quantitative estimate of drug-likeness (QED) is 0.929. The van der Waals surface area contributed by atoms with Gasteiger partial charge in [0, 0.05) is 11.6 Å². The SMILES string of the molecule is COc1ccccc1[C@H]1CCCN1Cc1n[nH]c(C)n1. The van der Waals surface area contributed by atoms with Crippen LogP contribution in [0.3, 0.4) is 0 Å². The van der Waals surface area contributed by atoms with Crippen molar-refractivity contribution in [1.29, 1.82) is 0 Å². The molecule has 20 heavy (non-hydrogen) atoms. The maximum atomic E-state index is 5.50. The zero-order chi connectivity index (χ0) is 13.9. The first-order valence-electron chi connectivity index (χ1n) is 7.03. The van der Waals surface area contributed by atoms with Gasteiger partial charge < -0.3 is 4.74 Å². The van der Waals surface area contributed by atoms with E-state index in [2.05, 4.69) is 32.2 Å². The molecule has 0 unspecified atom stereocenters. The van der Waals surface area contributed by atoms with Crippen molar-refractivity contribution >= 4 is 0 Å². The largest absolute Gasteiger partial charge is 0.496 e. The summed E-state index contributed by atoms with van der Waals surface area (Å²) in [4.78, 5) is 6.84. The summed E-state index contributed by atoms with van der Waals surface area (Å²) in [6, 6.07) is 8.67. The minimum atomic E-state index is 0.393. The predicted octanol–water partition coefficient (Wildman–Crippen LogP) is 2.46. The third-order valence-corrected chi connectivity index (χ3v) is 3.85. The van der Waals surface area contributed by atoms with Gasteiger partial charge in [-0.3, -0.25) is 10.00 Å². The lowest BCUT2D eigenvalue weighted by molar-refractivity contribution is 0.237. The summed E-state index contributed by atoms with van der Waals surface area (Å²) in [6.45, 7) is 3.79. The van der Waals surface area contributed by atoms with Gasteiger partial charge in [-0.25, -0.2) is 4.98 Å². The van der Waals surface area contributed by atoms with Crippen molar-refractivity contribution in [2.75, 3.05) is 13.7 Å². The summed E-state index contributed by atoms with van der Waals surface area (Å²) in [5, 5.41) is 7.15. The molecule has 0 aliphatic carbocycles. The lowest BCUT2D eigenvalue weighted by atomic mass is 10.0. The van der Waals surface area contributed by atoms with Crippen molar-refractivity contribution in [2.45, 2.75) is 32.4 Å². The number of benzene rings is 1. The molecule has 0 bridgehead atoms.